The van der Waals surface area contributed by atoms with Crippen molar-refractivity contribution < 1.29 is 4.42 Å². The third-order valence-corrected chi connectivity index (χ3v) is 11.1. The highest BCUT2D eigenvalue weighted by molar-refractivity contribution is 6.09. The van der Waals surface area contributed by atoms with Gasteiger partial charge in [-0.25, -0.2) is 9.97 Å². The van der Waals surface area contributed by atoms with Crippen molar-refractivity contribution in [2.45, 2.75) is 0 Å². The van der Waals surface area contributed by atoms with E-state index in [1.807, 2.05) is 30.3 Å². The number of hydrogen-bond acceptors (Lipinski definition) is 3. The van der Waals surface area contributed by atoms with Gasteiger partial charge in [0.05, 0.1) is 11.4 Å². The number of nitrogens with zero attached hydrogens (tertiary/aromatic N) is 2. The third-order valence-electron chi connectivity index (χ3n) is 11.1. The Morgan fingerprint density at radius 1 is 0.263 bits per heavy atom. The number of hydrogen-bond donors (Lipinski definition) is 0. The lowest BCUT2D eigenvalue weighted by atomic mass is 9.93. The van der Waals surface area contributed by atoms with Gasteiger partial charge in [-0.05, 0) is 103 Å². The third kappa shape index (κ3) is 6.03. The minimum atomic E-state index is 0.687. The molecule has 0 unspecified atom stereocenters. The molecule has 0 saturated heterocycles. The fourth-order valence-corrected chi connectivity index (χ4v) is 8.12. The largest absolute Gasteiger partial charge is 0.456 e. The minimum Gasteiger partial charge on any atom is -0.456 e. The Labute approximate surface area is 330 Å². The Morgan fingerprint density at radius 2 is 0.754 bits per heavy atom. The van der Waals surface area contributed by atoms with Gasteiger partial charge in [0.15, 0.2) is 5.82 Å². The van der Waals surface area contributed by atoms with Crippen LogP contribution in [0, 0.1) is 0 Å². The summed E-state index contributed by atoms with van der Waals surface area (Å²) in [6.07, 6.45) is 0. The zero-order valence-corrected chi connectivity index (χ0v) is 30.9. The van der Waals surface area contributed by atoms with Crippen LogP contribution in [0.15, 0.2) is 211 Å². The predicted molar refractivity (Wildman–Crippen MR) is 237 cm³/mol. The highest BCUT2D eigenvalue weighted by Crippen LogP contribution is 2.38. The molecule has 9 aromatic carbocycles. The van der Waals surface area contributed by atoms with Gasteiger partial charge >= 0.3 is 0 Å². The SMILES string of the molecule is c1ccc(-c2ccc(-c3cc(-c4ccc5oc6ccccc6c5c4)cc(-c4cc(-c5ccc6ccc7ccccc7c6c5)nc(-c5ccccc5)n4)c3)cc2)cc1. The molecule has 266 valence electrons. The maximum atomic E-state index is 6.22. The van der Waals surface area contributed by atoms with E-state index in [-0.39, 0.29) is 0 Å². The zero-order chi connectivity index (χ0) is 37.7. The minimum absolute atomic E-state index is 0.687. The fraction of sp³-hybridized carbons (Fsp3) is 0. The van der Waals surface area contributed by atoms with Crippen molar-refractivity contribution in [3.8, 4) is 67.3 Å². The van der Waals surface area contributed by atoms with Gasteiger partial charge in [0, 0.05) is 27.5 Å². The highest BCUT2D eigenvalue weighted by atomic mass is 16.3. The van der Waals surface area contributed by atoms with Crippen molar-refractivity contribution in [2.24, 2.45) is 0 Å². The van der Waals surface area contributed by atoms with Crippen LogP contribution in [0.1, 0.15) is 0 Å². The summed E-state index contributed by atoms with van der Waals surface area (Å²) in [5, 5.41) is 7.07. The van der Waals surface area contributed by atoms with Gasteiger partial charge in [0.25, 0.3) is 0 Å². The first kappa shape index (κ1) is 32.8. The van der Waals surface area contributed by atoms with Crippen LogP contribution in [-0.4, -0.2) is 9.97 Å². The molecular formula is C54H34N2O. The molecule has 0 N–H and O–H groups in total. The molecular weight excluding hydrogens is 693 g/mol. The van der Waals surface area contributed by atoms with E-state index in [4.69, 9.17) is 14.4 Å². The van der Waals surface area contributed by atoms with E-state index in [0.717, 1.165) is 72.3 Å². The Balaban J connectivity index is 1.11. The van der Waals surface area contributed by atoms with Crippen LogP contribution in [0.2, 0.25) is 0 Å². The molecule has 0 atom stereocenters. The zero-order valence-electron chi connectivity index (χ0n) is 30.9. The number of fused-ring (bicyclic) bond motifs is 6. The molecule has 0 bridgehead atoms. The van der Waals surface area contributed by atoms with Gasteiger partial charge < -0.3 is 4.42 Å². The second kappa shape index (κ2) is 13.6. The number of furan rings is 1. The first-order valence-electron chi connectivity index (χ1n) is 19.3. The molecule has 0 aliphatic heterocycles. The fourth-order valence-electron chi connectivity index (χ4n) is 8.12. The quantitative estimate of drug-likeness (QED) is 0.160. The van der Waals surface area contributed by atoms with Crippen LogP contribution in [0.3, 0.4) is 0 Å². The van der Waals surface area contributed by atoms with E-state index in [1.54, 1.807) is 0 Å². The Morgan fingerprint density at radius 3 is 1.53 bits per heavy atom. The van der Waals surface area contributed by atoms with E-state index in [9.17, 15) is 0 Å². The molecule has 2 aromatic heterocycles. The molecule has 0 radical (unpaired) electrons. The van der Waals surface area contributed by atoms with E-state index in [1.165, 1.54) is 32.7 Å². The van der Waals surface area contributed by atoms with Crippen LogP contribution >= 0.6 is 0 Å². The number of aromatic nitrogens is 2. The molecule has 0 fully saturated rings. The summed E-state index contributed by atoms with van der Waals surface area (Å²) in [5.74, 6) is 0.687. The smallest absolute Gasteiger partial charge is 0.160 e. The van der Waals surface area contributed by atoms with Crippen LogP contribution in [0.5, 0.6) is 0 Å². The molecule has 0 aliphatic rings. The topological polar surface area (TPSA) is 38.9 Å². The maximum absolute atomic E-state index is 6.22. The summed E-state index contributed by atoms with van der Waals surface area (Å²) in [6, 6.07) is 73.0. The Bertz CT molecular complexity index is 3270. The molecule has 3 heteroatoms. The van der Waals surface area contributed by atoms with E-state index >= 15 is 0 Å². The van der Waals surface area contributed by atoms with E-state index in [2.05, 4.69) is 176 Å². The van der Waals surface area contributed by atoms with Crippen molar-refractivity contribution in [3.63, 3.8) is 0 Å². The van der Waals surface area contributed by atoms with Gasteiger partial charge in [0.1, 0.15) is 11.2 Å². The van der Waals surface area contributed by atoms with Crippen LogP contribution in [-0.2, 0) is 0 Å². The lowest BCUT2D eigenvalue weighted by Gasteiger charge is -2.14. The molecule has 0 saturated carbocycles. The summed E-state index contributed by atoms with van der Waals surface area (Å²) in [7, 11) is 0. The lowest BCUT2D eigenvalue weighted by molar-refractivity contribution is 0.669. The van der Waals surface area contributed by atoms with Crippen molar-refractivity contribution in [1.82, 2.24) is 9.97 Å². The van der Waals surface area contributed by atoms with Crippen molar-refractivity contribution >= 4 is 43.5 Å². The summed E-state index contributed by atoms with van der Waals surface area (Å²) in [5.41, 5.74) is 13.4. The molecule has 3 nitrogen and oxygen atoms in total. The summed E-state index contributed by atoms with van der Waals surface area (Å²) in [6.45, 7) is 0. The Hall–Kier alpha value is -7.62. The standard InChI is InChI=1S/C54H34N2O/c1-3-11-35(12-4-1)36-19-21-37(22-20-36)43-29-44(41-27-28-53-49(32-41)47-17-9-10-18-52(47)57-53)31-45(30-43)51-34-50(55-54(56-51)40-14-5-2-6-15-40)42-26-25-39-24-23-38-13-7-8-16-46(38)48(39)33-42/h1-34H. The molecule has 11 rings (SSSR count). The summed E-state index contributed by atoms with van der Waals surface area (Å²) >= 11 is 0. The normalized spacial score (nSPS) is 11.5. The van der Waals surface area contributed by atoms with Gasteiger partial charge in [-0.15, -0.1) is 0 Å². The molecule has 2 heterocycles. The van der Waals surface area contributed by atoms with Crippen LogP contribution in [0.25, 0.3) is 111 Å². The Kier molecular flexibility index (Phi) is 7.82. The second-order valence-corrected chi connectivity index (χ2v) is 14.6. The average molecular weight is 727 g/mol. The van der Waals surface area contributed by atoms with Crippen LogP contribution in [0.4, 0.5) is 0 Å². The molecule has 0 aliphatic carbocycles. The first-order valence-corrected chi connectivity index (χ1v) is 19.3. The molecule has 0 amide bonds. The van der Waals surface area contributed by atoms with E-state index in [0.29, 0.717) is 5.82 Å². The summed E-state index contributed by atoms with van der Waals surface area (Å²) < 4.78 is 6.22. The predicted octanol–water partition coefficient (Wildman–Crippen LogP) is 14.7. The number of rotatable bonds is 6. The van der Waals surface area contributed by atoms with Gasteiger partial charge in [0.2, 0.25) is 0 Å². The van der Waals surface area contributed by atoms with Gasteiger partial charge in [-0.1, -0.05) is 158 Å². The monoisotopic (exact) mass is 726 g/mol. The second-order valence-electron chi connectivity index (χ2n) is 14.6. The first-order chi connectivity index (χ1) is 28.2. The lowest BCUT2D eigenvalue weighted by Crippen LogP contribution is -1.96. The van der Waals surface area contributed by atoms with Gasteiger partial charge in [-0.3, -0.25) is 0 Å². The average Bonchev–Trinajstić information content (AvgIpc) is 3.67. The number of para-hydroxylation sites is 1. The van der Waals surface area contributed by atoms with Crippen LogP contribution < -0.4 is 0 Å². The van der Waals surface area contributed by atoms with E-state index < -0.39 is 0 Å². The molecule has 57 heavy (non-hydrogen) atoms. The summed E-state index contributed by atoms with van der Waals surface area (Å²) in [4.78, 5) is 10.5. The highest BCUT2D eigenvalue weighted by Gasteiger charge is 2.16. The van der Waals surface area contributed by atoms with Crippen molar-refractivity contribution in [1.29, 1.82) is 0 Å². The van der Waals surface area contributed by atoms with Crippen molar-refractivity contribution in [2.75, 3.05) is 0 Å². The number of benzene rings is 9. The molecule has 11 aromatic rings. The van der Waals surface area contributed by atoms with Gasteiger partial charge in [-0.2, -0.15) is 0 Å². The van der Waals surface area contributed by atoms with Crippen molar-refractivity contribution in [3.05, 3.63) is 206 Å². The maximum Gasteiger partial charge on any atom is 0.160 e. The molecule has 0 spiro atoms.